The van der Waals surface area contributed by atoms with E-state index in [-0.39, 0.29) is 15.7 Å². The van der Waals surface area contributed by atoms with Crippen LogP contribution in [0.2, 0.25) is 5.02 Å². The number of aromatic nitrogens is 1. The number of nitrogens with two attached hydrogens (primary N) is 1. The Morgan fingerprint density at radius 2 is 2.05 bits per heavy atom. The summed E-state index contributed by atoms with van der Waals surface area (Å²) in [6.07, 6.45) is 1.51. The average Bonchev–Trinajstić information content (AvgIpc) is 2.35. The van der Waals surface area contributed by atoms with E-state index in [4.69, 9.17) is 17.3 Å². The summed E-state index contributed by atoms with van der Waals surface area (Å²) < 4.78 is 26.7. The molecule has 0 aliphatic carbocycles. The van der Waals surface area contributed by atoms with Crippen molar-refractivity contribution in [2.45, 2.75) is 11.8 Å². The number of nitrogens with one attached hydrogen (secondary N) is 1. The number of rotatable bonds is 3. The van der Waals surface area contributed by atoms with Crippen LogP contribution in [0, 0.1) is 6.92 Å². The Kier molecular flexibility index (Phi) is 3.64. The maximum Gasteiger partial charge on any atom is 0.263 e. The van der Waals surface area contributed by atoms with Crippen LogP contribution in [0.5, 0.6) is 0 Å². The quantitative estimate of drug-likeness (QED) is 0.852. The lowest BCUT2D eigenvalue weighted by molar-refractivity contribution is 0.601. The van der Waals surface area contributed by atoms with E-state index < -0.39 is 10.0 Å². The van der Waals surface area contributed by atoms with Gasteiger partial charge in [0.1, 0.15) is 5.82 Å². The summed E-state index contributed by atoms with van der Waals surface area (Å²) in [5.41, 5.74) is 6.61. The first-order valence-corrected chi connectivity index (χ1v) is 7.26. The molecule has 0 saturated heterocycles. The van der Waals surface area contributed by atoms with Gasteiger partial charge in [-0.2, -0.15) is 0 Å². The normalized spacial score (nSPS) is 11.3. The summed E-state index contributed by atoms with van der Waals surface area (Å²) in [7, 11) is -3.73. The van der Waals surface area contributed by atoms with Gasteiger partial charge in [-0.15, -0.1) is 0 Å². The maximum atomic E-state index is 12.2. The van der Waals surface area contributed by atoms with Crippen molar-refractivity contribution < 1.29 is 8.42 Å². The van der Waals surface area contributed by atoms with Gasteiger partial charge < -0.3 is 5.73 Å². The van der Waals surface area contributed by atoms with Crippen LogP contribution in [0.1, 0.15) is 5.56 Å². The van der Waals surface area contributed by atoms with Gasteiger partial charge in [-0.05, 0) is 36.8 Å². The highest BCUT2D eigenvalue weighted by atomic mass is 35.5. The molecule has 1 aromatic carbocycles. The molecular weight excluding hydrogens is 286 g/mol. The summed E-state index contributed by atoms with van der Waals surface area (Å²) in [6, 6.07) is 7.63. The van der Waals surface area contributed by atoms with Gasteiger partial charge in [-0.25, -0.2) is 13.4 Å². The first-order chi connectivity index (χ1) is 8.90. The largest absolute Gasteiger partial charge is 0.398 e. The zero-order valence-corrected chi connectivity index (χ0v) is 11.7. The van der Waals surface area contributed by atoms with Crippen LogP contribution in [0.4, 0.5) is 11.5 Å². The number of anilines is 2. The first-order valence-electron chi connectivity index (χ1n) is 5.39. The summed E-state index contributed by atoms with van der Waals surface area (Å²) >= 11 is 5.82. The van der Waals surface area contributed by atoms with Crippen molar-refractivity contribution in [2.24, 2.45) is 0 Å². The third-order valence-corrected chi connectivity index (χ3v) is 4.19. The minimum absolute atomic E-state index is 0.0387. The fraction of sp³-hybridized carbons (Fsp3) is 0.0833. The van der Waals surface area contributed by atoms with Gasteiger partial charge in [-0.1, -0.05) is 17.7 Å². The molecule has 0 saturated carbocycles. The molecule has 7 heteroatoms. The minimum atomic E-state index is -3.73. The van der Waals surface area contributed by atoms with E-state index in [1.165, 1.54) is 24.4 Å². The molecular formula is C12H12ClN3O2S. The Bertz CT molecular complexity index is 717. The van der Waals surface area contributed by atoms with Gasteiger partial charge >= 0.3 is 0 Å². The number of halogens is 1. The maximum absolute atomic E-state index is 12.2. The molecule has 1 aromatic heterocycles. The van der Waals surface area contributed by atoms with Crippen molar-refractivity contribution in [3.8, 4) is 0 Å². The van der Waals surface area contributed by atoms with E-state index in [2.05, 4.69) is 9.71 Å². The summed E-state index contributed by atoms with van der Waals surface area (Å²) in [5.74, 6) is 0.287. The standard InChI is InChI=1S/C12H12ClN3O2S/c1-8-3-2-6-15-12(8)16-19(17,18)9-4-5-11(14)10(13)7-9/h2-7H,14H2,1H3,(H,15,16). The Morgan fingerprint density at radius 1 is 1.32 bits per heavy atom. The van der Waals surface area contributed by atoms with Crippen LogP contribution in [-0.2, 0) is 10.0 Å². The van der Waals surface area contributed by atoms with E-state index in [1.54, 1.807) is 19.1 Å². The molecule has 2 aromatic rings. The Morgan fingerprint density at radius 3 is 2.68 bits per heavy atom. The second-order valence-electron chi connectivity index (χ2n) is 3.96. The number of pyridine rings is 1. The van der Waals surface area contributed by atoms with Crippen molar-refractivity contribution in [2.75, 3.05) is 10.5 Å². The van der Waals surface area contributed by atoms with E-state index in [9.17, 15) is 8.42 Å². The number of hydrogen-bond donors (Lipinski definition) is 2. The van der Waals surface area contributed by atoms with Crippen LogP contribution in [-0.4, -0.2) is 13.4 Å². The molecule has 0 aliphatic rings. The molecule has 3 N–H and O–H groups in total. The van der Waals surface area contributed by atoms with Crippen LogP contribution in [0.25, 0.3) is 0 Å². The van der Waals surface area contributed by atoms with Crippen molar-refractivity contribution in [1.82, 2.24) is 4.98 Å². The molecule has 0 bridgehead atoms. The zero-order chi connectivity index (χ0) is 14.0. The monoisotopic (exact) mass is 297 g/mol. The number of sulfonamides is 1. The molecule has 19 heavy (non-hydrogen) atoms. The van der Waals surface area contributed by atoms with Gasteiger partial charge in [0, 0.05) is 6.20 Å². The topological polar surface area (TPSA) is 85.1 Å². The fourth-order valence-corrected chi connectivity index (χ4v) is 2.81. The first kappa shape index (κ1) is 13.6. The van der Waals surface area contributed by atoms with Crippen LogP contribution in [0.15, 0.2) is 41.4 Å². The Labute approximate surface area is 116 Å². The average molecular weight is 298 g/mol. The van der Waals surface area contributed by atoms with E-state index in [1.807, 2.05) is 0 Å². The van der Waals surface area contributed by atoms with Crippen LogP contribution < -0.4 is 10.5 Å². The number of hydrogen-bond acceptors (Lipinski definition) is 4. The minimum Gasteiger partial charge on any atom is -0.398 e. The molecule has 0 aliphatic heterocycles. The molecule has 0 radical (unpaired) electrons. The number of benzene rings is 1. The van der Waals surface area contributed by atoms with Gasteiger partial charge in [-0.3, -0.25) is 4.72 Å². The van der Waals surface area contributed by atoms with Crippen molar-refractivity contribution >= 4 is 33.1 Å². The predicted octanol–water partition coefficient (Wildman–Crippen LogP) is 2.43. The molecule has 0 unspecified atom stereocenters. The predicted molar refractivity (Wildman–Crippen MR) is 75.6 cm³/mol. The van der Waals surface area contributed by atoms with Gasteiger partial charge in [0.2, 0.25) is 0 Å². The number of aryl methyl sites for hydroxylation is 1. The molecule has 0 atom stereocenters. The fourth-order valence-electron chi connectivity index (χ4n) is 1.45. The number of nitrogen functional groups attached to an aromatic ring is 1. The Hall–Kier alpha value is -1.79. The third kappa shape index (κ3) is 2.97. The van der Waals surface area contributed by atoms with Crippen molar-refractivity contribution in [1.29, 1.82) is 0 Å². The third-order valence-electron chi connectivity index (χ3n) is 2.52. The molecule has 5 nitrogen and oxygen atoms in total. The SMILES string of the molecule is Cc1cccnc1NS(=O)(=O)c1ccc(N)c(Cl)c1. The summed E-state index contributed by atoms with van der Waals surface area (Å²) in [6.45, 7) is 1.76. The van der Waals surface area contributed by atoms with E-state index >= 15 is 0 Å². The molecule has 0 spiro atoms. The van der Waals surface area contributed by atoms with Gasteiger partial charge in [0.25, 0.3) is 10.0 Å². The smallest absolute Gasteiger partial charge is 0.263 e. The molecule has 2 rings (SSSR count). The molecule has 0 fully saturated rings. The highest BCUT2D eigenvalue weighted by Gasteiger charge is 2.16. The second kappa shape index (κ2) is 5.07. The van der Waals surface area contributed by atoms with Crippen molar-refractivity contribution in [3.63, 3.8) is 0 Å². The molecule has 0 amide bonds. The second-order valence-corrected chi connectivity index (χ2v) is 6.05. The van der Waals surface area contributed by atoms with Crippen LogP contribution >= 0.6 is 11.6 Å². The van der Waals surface area contributed by atoms with Crippen LogP contribution in [0.3, 0.4) is 0 Å². The molecule has 1 heterocycles. The highest BCUT2D eigenvalue weighted by Crippen LogP contribution is 2.24. The highest BCUT2D eigenvalue weighted by molar-refractivity contribution is 7.92. The van der Waals surface area contributed by atoms with Crippen molar-refractivity contribution in [3.05, 3.63) is 47.1 Å². The number of nitrogens with zero attached hydrogens (tertiary/aromatic N) is 1. The molecule has 100 valence electrons. The van der Waals surface area contributed by atoms with Gasteiger partial charge in [0.05, 0.1) is 15.6 Å². The lowest BCUT2D eigenvalue weighted by Gasteiger charge is -2.10. The summed E-state index contributed by atoms with van der Waals surface area (Å²) in [5, 5.41) is 0.195. The lowest BCUT2D eigenvalue weighted by atomic mass is 10.3. The lowest BCUT2D eigenvalue weighted by Crippen LogP contribution is -2.14. The zero-order valence-electron chi connectivity index (χ0n) is 10.1. The van der Waals surface area contributed by atoms with E-state index in [0.29, 0.717) is 5.69 Å². The van der Waals surface area contributed by atoms with E-state index in [0.717, 1.165) is 5.56 Å². The van der Waals surface area contributed by atoms with Gasteiger partial charge in [0.15, 0.2) is 0 Å². The summed E-state index contributed by atoms with van der Waals surface area (Å²) in [4.78, 5) is 4.02. The Balaban J connectivity index is 2.38.